The van der Waals surface area contributed by atoms with Crippen molar-refractivity contribution in [3.8, 4) is 0 Å². The van der Waals surface area contributed by atoms with E-state index in [0.29, 0.717) is 83.1 Å². The predicted octanol–water partition coefficient (Wildman–Crippen LogP) is 14.7. The van der Waals surface area contributed by atoms with Crippen LogP contribution in [0.3, 0.4) is 0 Å². The molecular weight excluding hydrogens is 1070 g/mol. The highest BCUT2D eigenvalue weighted by Crippen LogP contribution is 2.30. The van der Waals surface area contributed by atoms with Gasteiger partial charge in [0.1, 0.15) is 34.2 Å². The zero-order chi connectivity index (χ0) is 62.5. The first kappa shape index (κ1) is 69.0. The standard InChI is InChI=1S/C68H98N8O9/c1-14-48(36-52-44-75(64(81)84-67(8,9)10)58-32-20-18-30-54(52)58)38-61(78)56(37-49-26-16-15-17-27-49)71-43-51(29-23-25-35-73-74-69)40-62(79)57(41-53-45-76(65(82)85-68(11,12)13)59-33-21-19-31-55(53)59)72-42-50(39-60(77)47(4)46(2)3)28-22-24-34-70-63(80)83-66(5,6)7/h15-21,26-27,30-33,44-48,50-51,56-57,71-72H,14,22-25,28-29,34-43H2,1-13H3,(H,70,80). The van der Waals surface area contributed by atoms with E-state index < -0.39 is 47.2 Å². The molecule has 5 rings (SSSR count). The zero-order valence-electron chi connectivity index (χ0n) is 53.1. The molecule has 1 amide bonds. The molecule has 6 unspecified atom stereocenters. The lowest BCUT2D eigenvalue weighted by atomic mass is 9.86. The molecule has 0 spiro atoms. The molecule has 3 aromatic carbocycles. The van der Waals surface area contributed by atoms with Crippen molar-refractivity contribution in [3.63, 3.8) is 0 Å². The number of ketones is 3. The number of para-hydroxylation sites is 2. The Kier molecular flexibility index (Phi) is 26.5. The van der Waals surface area contributed by atoms with Crippen LogP contribution in [0.15, 0.2) is 96.4 Å². The molecule has 0 radical (unpaired) electrons. The van der Waals surface area contributed by atoms with Crippen molar-refractivity contribution in [2.24, 2.45) is 34.7 Å². The van der Waals surface area contributed by atoms with E-state index in [4.69, 9.17) is 19.7 Å². The molecule has 2 aromatic heterocycles. The number of amides is 1. The van der Waals surface area contributed by atoms with Crippen molar-refractivity contribution >= 4 is 57.4 Å². The summed E-state index contributed by atoms with van der Waals surface area (Å²) in [6.07, 6.45) is 8.79. The summed E-state index contributed by atoms with van der Waals surface area (Å²) in [5, 5.41) is 15.7. The Morgan fingerprint density at radius 2 is 1.02 bits per heavy atom. The largest absolute Gasteiger partial charge is 0.444 e. The molecule has 0 bridgehead atoms. The van der Waals surface area contributed by atoms with Crippen LogP contribution in [0.1, 0.15) is 171 Å². The van der Waals surface area contributed by atoms with Gasteiger partial charge in [-0.15, -0.1) is 0 Å². The van der Waals surface area contributed by atoms with Gasteiger partial charge in [-0.25, -0.2) is 14.4 Å². The van der Waals surface area contributed by atoms with Gasteiger partial charge in [-0.05, 0) is 178 Å². The number of carbonyl (C=O) groups excluding carboxylic acids is 6. The summed E-state index contributed by atoms with van der Waals surface area (Å²) in [6.45, 7) is 26.0. The van der Waals surface area contributed by atoms with Crippen molar-refractivity contribution in [2.75, 3.05) is 26.2 Å². The smallest absolute Gasteiger partial charge is 0.419 e. The molecule has 0 aliphatic carbocycles. The minimum Gasteiger partial charge on any atom is -0.444 e. The first-order chi connectivity index (χ1) is 40.1. The SMILES string of the molecule is CCC(CC(=O)C(Cc1ccccc1)NCC(CCCCN=[N+]=[N-])CC(=O)C(Cc1cn(C(=O)OC(C)(C)C)c2ccccc12)NCC(CCCCNC(=O)OC(C)(C)C)CC(=O)C(C)C(C)C)Cc1cn(C(=O)OC(C)(C)C)c2ccccc12. The molecule has 17 nitrogen and oxygen atoms in total. The van der Waals surface area contributed by atoms with Crippen molar-refractivity contribution in [3.05, 3.63) is 118 Å². The van der Waals surface area contributed by atoms with Gasteiger partial charge in [-0.1, -0.05) is 119 Å². The number of unbranched alkanes of at least 4 members (excludes halogenated alkanes) is 2. The second-order valence-electron chi connectivity index (χ2n) is 26.5. The lowest BCUT2D eigenvalue weighted by molar-refractivity contribution is -0.124. The molecule has 17 heteroatoms. The minimum atomic E-state index is -0.756. The highest BCUT2D eigenvalue weighted by molar-refractivity contribution is 5.94. The summed E-state index contributed by atoms with van der Waals surface area (Å²) in [7, 11) is 0. The Balaban J connectivity index is 1.46. The number of Topliss-reactive ketones (excluding diaryl/α,β-unsaturated/α-hetero) is 3. The molecule has 0 saturated carbocycles. The number of carbonyl (C=O) groups is 6. The Morgan fingerprint density at radius 3 is 1.52 bits per heavy atom. The minimum absolute atomic E-state index is 0.0433. The number of nitrogens with zero attached hydrogens (tertiary/aromatic N) is 5. The maximum atomic E-state index is 15.4. The van der Waals surface area contributed by atoms with Crippen LogP contribution in [0, 0.1) is 29.6 Å². The lowest BCUT2D eigenvalue weighted by Crippen LogP contribution is -2.45. The number of alkyl carbamates (subject to hydrolysis) is 1. The van der Waals surface area contributed by atoms with E-state index in [1.54, 1.807) is 10.8 Å². The van der Waals surface area contributed by atoms with E-state index in [2.05, 4.69) is 32.9 Å². The first-order valence-electron chi connectivity index (χ1n) is 30.9. The summed E-state index contributed by atoms with van der Waals surface area (Å²) in [5.41, 5.74) is 11.2. The molecular formula is C68H98N8O9. The van der Waals surface area contributed by atoms with Crippen molar-refractivity contribution in [1.29, 1.82) is 0 Å². The average Bonchev–Trinajstić information content (AvgIpc) is 1.96. The number of rotatable bonds is 33. The van der Waals surface area contributed by atoms with Gasteiger partial charge in [0.25, 0.3) is 0 Å². The number of aromatic nitrogens is 2. The number of azide groups is 1. The van der Waals surface area contributed by atoms with Crippen molar-refractivity contribution in [2.45, 2.75) is 202 Å². The summed E-state index contributed by atoms with van der Waals surface area (Å²) >= 11 is 0. The zero-order valence-corrected chi connectivity index (χ0v) is 53.1. The highest BCUT2D eigenvalue weighted by Gasteiger charge is 2.31. The van der Waals surface area contributed by atoms with Gasteiger partial charge in [0.2, 0.25) is 0 Å². The van der Waals surface area contributed by atoms with E-state index >= 15 is 4.79 Å². The van der Waals surface area contributed by atoms with E-state index in [0.717, 1.165) is 45.8 Å². The Bertz CT molecular complexity index is 3030. The fraction of sp³-hybridized carbons (Fsp3) is 0.588. The fourth-order valence-electron chi connectivity index (χ4n) is 10.7. The van der Waals surface area contributed by atoms with Crippen LogP contribution < -0.4 is 16.0 Å². The molecule has 85 heavy (non-hydrogen) atoms. The van der Waals surface area contributed by atoms with Crippen molar-refractivity contribution < 1.29 is 43.0 Å². The van der Waals surface area contributed by atoms with Crippen LogP contribution >= 0.6 is 0 Å². The summed E-state index contributed by atoms with van der Waals surface area (Å²) in [5.74, 6) is -0.279. The molecule has 464 valence electrons. The third-order valence-electron chi connectivity index (χ3n) is 15.5. The van der Waals surface area contributed by atoms with Crippen LogP contribution in [0.5, 0.6) is 0 Å². The van der Waals surface area contributed by atoms with Crippen LogP contribution in [-0.4, -0.2) is 99.8 Å². The Hall–Kier alpha value is -6.81. The van der Waals surface area contributed by atoms with Crippen LogP contribution in [0.25, 0.3) is 32.2 Å². The molecule has 0 aliphatic rings. The third-order valence-corrected chi connectivity index (χ3v) is 15.5. The molecule has 0 aliphatic heterocycles. The summed E-state index contributed by atoms with van der Waals surface area (Å²) in [6, 6.07) is 23.9. The monoisotopic (exact) mass is 1170 g/mol. The molecule has 0 fully saturated rings. The molecule has 0 saturated heterocycles. The number of ether oxygens (including phenoxy) is 3. The predicted molar refractivity (Wildman–Crippen MR) is 338 cm³/mol. The lowest BCUT2D eigenvalue weighted by Gasteiger charge is -2.27. The van der Waals surface area contributed by atoms with Crippen molar-refractivity contribution in [1.82, 2.24) is 25.1 Å². The quantitative estimate of drug-likeness (QED) is 0.0118. The van der Waals surface area contributed by atoms with Gasteiger partial charge < -0.3 is 30.2 Å². The molecule has 6 atom stereocenters. The number of fused-ring (bicyclic) bond motifs is 2. The highest BCUT2D eigenvalue weighted by atomic mass is 16.6. The molecule has 5 aromatic rings. The van der Waals surface area contributed by atoms with Gasteiger partial charge in [0.05, 0.1) is 23.1 Å². The summed E-state index contributed by atoms with van der Waals surface area (Å²) in [4.78, 5) is 86.8. The number of nitrogens with one attached hydrogen (secondary N) is 3. The van der Waals surface area contributed by atoms with E-state index in [1.807, 2.05) is 168 Å². The third kappa shape index (κ3) is 23.2. The van der Waals surface area contributed by atoms with Crippen LogP contribution in [0.4, 0.5) is 14.4 Å². The van der Waals surface area contributed by atoms with E-state index in [1.165, 1.54) is 4.57 Å². The first-order valence-corrected chi connectivity index (χ1v) is 30.9. The van der Waals surface area contributed by atoms with Gasteiger partial charge in [0.15, 0.2) is 0 Å². The maximum absolute atomic E-state index is 15.4. The number of hydrogen-bond acceptors (Lipinski definition) is 12. The summed E-state index contributed by atoms with van der Waals surface area (Å²) < 4.78 is 20.1. The van der Waals surface area contributed by atoms with Crippen LogP contribution in [0.2, 0.25) is 0 Å². The fourth-order valence-corrected chi connectivity index (χ4v) is 10.7. The van der Waals surface area contributed by atoms with Gasteiger partial charge in [0, 0.05) is 66.3 Å². The van der Waals surface area contributed by atoms with E-state index in [-0.39, 0.29) is 66.2 Å². The molecule has 2 heterocycles. The normalized spacial score (nSPS) is 14.2. The topological polar surface area (TPSA) is 225 Å². The van der Waals surface area contributed by atoms with E-state index in [9.17, 15) is 24.0 Å². The maximum Gasteiger partial charge on any atom is 0.419 e. The molecule has 3 N–H and O–H groups in total. The number of hydrogen-bond donors (Lipinski definition) is 3. The number of benzene rings is 3. The van der Waals surface area contributed by atoms with Crippen LogP contribution in [-0.2, 0) is 47.9 Å². The Labute approximate surface area is 505 Å². The Morgan fingerprint density at radius 1 is 0.565 bits per heavy atom. The second-order valence-corrected chi connectivity index (χ2v) is 26.5. The van der Waals surface area contributed by atoms with Gasteiger partial charge in [-0.3, -0.25) is 23.5 Å². The second kappa shape index (κ2) is 32.6. The average molecular weight is 1170 g/mol. The van der Waals surface area contributed by atoms with Gasteiger partial charge >= 0.3 is 18.3 Å². The van der Waals surface area contributed by atoms with Gasteiger partial charge in [-0.2, -0.15) is 0 Å².